The average Bonchev–Trinajstić information content (AvgIpc) is 3.22. The Kier molecular flexibility index (Phi) is 5.90. The van der Waals surface area contributed by atoms with Gasteiger partial charge in [0.25, 0.3) is 5.56 Å². The fourth-order valence-electron chi connectivity index (χ4n) is 3.15. The number of hydrogen-bond acceptors (Lipinski definition) is 6. The first-order valence-corrected chi connectivity index (χ1v) is 10.6. The monoisotopic (exact) mass is 417 g/mol. The van der Waals surface area contributed by atoms with Crippen molar-refractivity contribution in [2.45, 2.75) is 19.9 Å². The number of fused-ring (bicyclic) bond motifs is 1. The van der Waals surface area contributed by atoms with E-state index in [9.17, 15) is 4.79 Å². The van der Waals surface area contributed by atoms with Gasteiger partial charge in [-0.3, -0.25) is 4.79 Å². The van der Waals surface area contributed by atoms with Gasteiger partial charge >= 0.3 is 0 Å². The van der Waals surface area contributed by atoms with Crippen LogP contribution in [0.4, 0.5) is 5.95 Å². The molecule has 0 saturated heterocycles. The first kappa shape index (κ1) is 19.8. The van der Waals surface area contributed by atoms with E-state index in [4.69, 9.17) is 0 Å². The second-order valence-electron chi connectivity index (χ2n) is 6.86. The molecule has 2 aromatic rings. The molecule has 7 heteroatoms. The summed E-state index contributed by atoms with van der Waals surface area (Å²) >= 11 is 1.60. The Bertz CT molecular complexity index is 1160. The molecule has 3 heterocycles. The van der Waals surface area contributed by atoms with Gasteiger partial charge in [0.05, 0.1) is 29.4 Å². The highest BCUT2D eigenvalue weighted by molar-refractivity contribution is 7.12. The molecule has 0 aromatic carbocycles. The molecule has 0 spiro atoms. The number of nitrogens with one attached hydrogen (secondary N) is 2. The van der Waals surface area contributed by atoms with Gasteiger partial charge < -0.3 is 10.6 Å². The SMILES string of the molecule is C=C1C=CCC=C/C1=C/C(=C\C)NCc1cc(=O)n2c(n1)NCC(c1cccs1)=N2. The molecule has 1 aliphatic heterocycles. The summed E-state index contributed by atoms with van der Waals surface area (Å²) in [7, 11) is 0. The Labute approximate surface area is 179 Å². The molecular weight excluding hydrogens is 394 g/mol. The lowest BCUT2D eigenvalue weighted by Crippen LogP contribution is -2.31. The van der Waals surface area contributed by atoms with Gasteiger partial charge in [-0.25, -0.2) is 4.98 Å². The van der Waals surface area contributed by atoms with Crippen LogP contribution in [0.15, 0.2) is 93.4 Å². The molecule has 0 bridgehead atoms. The molecule has 0 unspecified atom stereocenters. The number of aromatic nitrogens is 2. The van der Waals surface area contributed by atoms with Gasteiger partial charge in [0.15, 0.2) is 0 Å². The largest absolute Gasteiger partial charge is 0.380 e. The summed E-state index contributed by atoms with van der Waals surface area (Å²) in [5.41, 5.74) is 4.25. The van der Waals surface area contributed by atoms with Gasteiger partial charge in [0, 0.05) is 11.8 Å². The standard InChI is InChI=1S/C23H23N5OS/c1-3-18(12-17-9-6-4-5-8-16(17)2)24-14-19-13-22(29)28-23(26-19)25-15-20(27-28)21-10-7-11-30-21/h3,5-13,24H,2,4,14-15H2,1H3,(H,25,26)/b17-12-,18-3+. The number of rotatable bonds is 5. The van der Waals surface area contributed by atoms with E-state index in [1.807, 2.05) is 36.6 Å². The normalized spacial score (nSPS) is 17.4. The van der Waals surface area contributed by atoms with E-state index >= 15 is 0 Å². The van der Waals surface area contributed by atoms with Gasteiger partial charge in [-0.05, 0) is 42.0 Å². The second kappa shape index (κ2) is 8.92. The fourth-order valence-corrected chi connectivity index (χ4v) is 3.86. The third-order valence-electron chi connectivity index (χ3n) is 4.74. The highest BCUT2D eigenvalue weighted by Gasteiger charge is 2.16. The average molecular weight is 418 g/mol. The van der Waals surface area contributed by atoms with Crippen LogP contribution in [-0.2, 0) is 6.54 Å². The Balaban J connectivity index is 1.51. The number of nitrogens with zero attached hydrogens (tertiary/aromatic N) is 3. The molecule has 0 amide bonds. The molecule has 0 fully saturated rings. The van der Waals surface area contributed by atoms with E-state index in [2.05, 4.69) is 51.6 Å². The summed E-state index contributed by atoms with van der Waals surface area (Å²) in [5.74, 6) is 0.463. The van der Waals surface area contributed by atoms with Crippen LogP contribution in [0.5, 0.6) is 0 Å². The summed E-state index contributed by atoms with van der Waals surface area (Å²) in [6, 6.07) is 5.49. The number of hydrogen-bond donors (Lipinski definition) is 2. The zero-order chi connectivity index (χ0) is 20.9. The first-order chi connectivity index (χ1) is 14.6. The lowest BCUT2D eigenvalue weighted by Gasteiger charge is -2.18. The Morgan fingerprint density at radius 1 is 1.40 bits per heavy atom. The van der Waals surface area contributed by atoms with E-state index in [1.165, 1.54) is 10.7 Å². The summed E-state index contributed by atoms with van der Waals surface area (Å²) in [6.07, 6.45) is 13.2. The van der Waals surface area contributed by atoms with Crippen LogP contribution < -0.4 is 16.2 Å². The Hall–Kier alpha value is -3.45. The van der Waals surface area contributed by atoms with Crippen LogP contribution in [0.1, 0.15) is 23.9 Å². The molecule has 1 aliphatic carbocycles. The predicted octanol–water partition coefficient (Wildman–Crippen LogP) is 3.97. The molecule has 2 aliphatic rings. The van der Waals surface area contributed by atoms with E-state index in [0.717, 1.165) is 33.9 Å². The molecule has 2 N–H and O–H groups in total. The van der Waals surface area contributed by atoms with Crippen LogP contribution in [0.2, 0.25) is 0 Å². The van der Waals surface area contributed by atoms with Crippen LogP contribution in [0.25, 0.3) is 0 Å². The summed E-state index contributed by atoms with van der Waals surface area (Å²) in [5, 5.41) is 13.0. The minimum atomic E-state index is -0.205. The third kappa shape index (κ3) is 4.41. The number of allylic oxidation sites excluding steroid dienone is 8. The first-order valence-electron chi connectivity index (χ1n) is 9.77. The number of anilines is 1. The van der Waals surface area contributed by atoms with E-state index in [0.29, 0.717) is 24.7 Å². The Morgan fingerprint density at radius 2 is 2.27 bits per heavy atom. The van der Waals surface area contributed by atoms with Crippen molar-refractivity contribution in [1.29, 1.82) is 0 Å². The summed E-state index contributed by atoms with van der Waals surface area (Å²) in [6.45, 7) is 7.05. The number of thiophene rings is 1. The maximum atomic E-state index is 12.6. The zero-order valence-corrected chi connectivity index (χ0v) is 17.6. The third-order valence-corrected chi connectivity index (χ3v) is 5.66. The molecule has 0 atom stereocenters. The van der Waals surface area contributed by atoms with Gasteiger partial charge in [-0.2, -0.15) is 9.78 Å². The topological polar surface area (TPSA) is 71.3 Å². The van der Waals surface area contributed by atoms with Crippen LogP contribution in [0.3, 0.4) is 0 Å². The maximum absolute atomic E-state index is 12.6. The van der Waals surface area contributed by atoms with Crippen LogP contribution in [0, 0.1) is 0 Å². The predicted molar refractivity (Wildman–Crippen MR) is 124 cm³/mol. The van der Waals surface area contributed by atoms with Gasteiger partial charge in [0.2, 0.25) is 5.95 Å². The van der Waals surface area contributed by atoms with Crippen molar-refractivity contribution in [3.8, 4) is 0 Å². The minimum absolute atomic E-state index is 0.205. The lowest BCUT2D eigenvalue weighted by atomic mass is 10.1. The van der Waals surface area contributed by atoms with E-state index in [1.54, 1.807) is 11.3 Å². The van der Waals surface area contributed by atoms with Crippen molar-refractivity contribution in [2.24, 2.45) is 5.10 Å². The van der Waals surface area contributed by atoms with E-state index < -0.39 is 0 Å². The highest BCUT2D eigenvalue weighted by Crippen LogP contribution is 2.18. The van der Waals surface area contributed by atoms with Gasteiger partial charge in [-0.15, -0.1) is 11.3 Å². The molecule has 30 heavy (non-hydrogen) atoms. The summed E-state index contributed by atoms with van der Waals surface area (Å²) in [4.78, 5) is 18.2. The fraction of sp³-hybridized carbons (Fsp3) is 0.174. The molecule has 0 saturated carbocycles. The molecule has 6 nitrogen and oxygen atoms in total. The highest BCUT2D eigenvalue weighted by atomic mass is 32.1. The minimum Gasteiger partial charge on any atom is -0.380 e. The van der Waals surface area contributed by atoms with Crippen LogP contribution in [-0.4, -0.2) is 21.9 Å². The van der Waals surface area contributed by atoms with Crippen molar-refractivity contribution in [3.63, 3.8) is 0 Å². The second-order valence-corrected chi connectivity index (χ2v) is 7.81. The molecule has 0 radical (unpaired) electrons. The van der Waals surface area contributed by atoms with E-state index in [-0.39, 0.29) is 5.56 Å². The lowest BCUT2D eigenvalue weighted by molar-refractivity contribution is 0.740. The quantitative estimate of drug-likeness (QED) is 0.772. The van der Waals surface area contributed by atoms with Crippen molar-refractivity contribution in [3.05, 3.63) is 104 Å². The Morgan fingerprint density at radius 3 is 3.07 bits per heavy atom. The van der Waals surface area contributed by atoms with Crippen molar-refractivity contribution in [2.75, 3.05) is 11.9 Å². The molecule has 152 valence electrons. The van der Waals surface area contributed by atoms with Crippen molar-refractivity contribution >= 4 is 23.0 Å². The van der Waals surface area contributed by atoms with Crippen LogP contribution >= 0.6 is 11.3 Å². The zero-order valence-electron chi connectivity index (χ0n) is 16.8. The summed E-state index contributed by atoms with van der Waals surface area (Å²) < 4.78 is 1.33. The molecule has 2 aromatic heterocycles. The van der Waals surface area contributed by atoms with Crippen molar-refractivity contribution in [1.82, 2.24) is 15.0 Å². The smallest absolute Gasteiger partial charge is 0.275 e. The van der Waals surface area contributed by atoms with Gasteiger partial charge in [-0.1, -0.05) is 43.0 Å². The maximum Gasteiger partial charge on any atom is 0.275 e. The molecular formula is C23H23N5OS. The molecule has 4 rings (SSSR count). The van der Waals surface area contributed by atoms with Crippen molar-refractivity contribution < 1.29 is 0 Å². The van der Waals surface area contributed by atoms with Gasteiger partial charge in [0.1, 0.15) is 0 Å².